The fraction of sp³-hybridized carbons (Fsp3) is 0.364. The summed E-state index contributed by atoms with van der Waals surface area (Å²) in [5.74, 6) is 0.258. The fourth-order valence-corrected chi connectivity index (χ4v) is 3.72. The number of amides is 1. The molecule has 29 heavy (non-hydrogen) atoms. The van der Waals surface area contributed by atoms with Crippen LogP contribution in [0.3, 0.4) is 0 Å². The van der Waals surface area contributed by atoms with Gasteiger partial charge in [0.25, 0.3) is 5.91 Å². The normalized spacial score (nSPS) is 14.4. The van der Waals surface area contributed by atoms with Gasteiger partial charge in [0.15, 0.2) is 5.11 Å². The zero-order chi connectivity index (χ0) is 20.8. The fourth-order valence-electron chi connectivity index (χ4n) is 3.51. The molecule has 2 aromatic rings. The Morgan fingerprint density at radius 2 is 1.79 bits per heavy atom. The second-order valence-electron chi connectivity index (χ2n) is 7.03. The molecule has 0 atom stereocenters. The molecular formula is C22H28N4O2S. The molecule has 1 amide bonds. The van der Waals surface area contributed by atoms with Crippen LogP contribution in [0.2, 0.25) is 0 Å². The molecule has 0 aromatic heterocycles. The van der Waals surface area contributed by atoms with Crippen molar-refractivity contribution in [2.45, 2.75) is 13.8 Å². The molecule has 0 unspecified atom stereocenters. The Morgan fingerprint density at radius 1 is 1.10 bits per heavy atom. The monoisotopic (exact) mass is 412 g/mol. The second kappa shape index (κ2) is 9.71. The van der Waals surface area contributed by atoms with Crippen molar-refractivity contribution in [2.24, 2.45) is 0 Å². The van der Waals surface area contributed by atoms with E-state index in [1.165, 1.54) is 5.69 Å². The molecule has 0 bridgehead atoms. The lowest BCUT2D eigenvalue weighted by molar-refractivity contribution is 0.0974. The van der Waals surface area contributed by atoms with Crippen molar-refractivity contribution in [1.82, 2.24) is 10.2 Å². The van der Waals surface area contributed by atoms with E-state index in [2.05, 4.69) is 39.5 Å². The highest BCUT2D eigenvalue weighted by Gasteiger charge is 2.17. The van der Waals surface area contributed by atoms with Crippen LogP contribution < -0.4 is 20.3 Å². The highest BCUT2D eigenvalue weighted by Crippen LogP contribution is 2.23. The van der Waals surface area contributed by atoms with E-state index < -0.39 is 0 Å². The van der Waals surface area contributed by atoms with Crippen molar-refractivity contribution in [3.8, 4) is 5.75 Å². The van der Waals surface area contributed by atoms with Crippen LogP contribution in [0, 0.1) is 6.92 Å². The number of piperazine rings is 1. The van der Waals surface area contributed by atoms with E-state index in [1.54, 1.807) is 13.2 Å². The SMILES string of the molecule is CCN1CCN(c2ccc(NC(=S)NC(=O)c3cccc(C)c3OC)cc2)CC1. The first kappa shape index (κ1) is 21.1. The summed E-state index contributed by atoms with van der Waals surface area (Å²) < 4.78 is 5.35. The van der Waals surface area contributed by atoms with Crippen molar-refractivity contribution in [3.05, 3.63) is 53.6 Å². The standard InChI is InChI=1S/C22H28N4O2S/c1-4-25-12-14-26(15-13-25)18-10-8-17(9-11-18)23-22(29)24-21(27)19-7-5-6-16(2)20(19)28-3/h5-11H,4,12-15H2,1-3H3,(H2,23,24,27,29). The number of aryl methyl sites for hydroxylation is 1. The minimum Gasteiger partial charge on any atom is -0.496 e. The number of rotatable bonds is 5. The van der Waals surface area contributed by atoms with Crippen LogP contribution in [-0.4, -0.2) is 55.8 Å². The van der Waals surface area contributed by atoms with Crippen LogP contribution in [0.25, 0.3) is 0 Å². The lowest BCUT2D eigenvalue weighted by Gasteiger charge is -2.35. The number of thiocarbonyl (C=S) groups is 1. The van der Waals surface area contributed by atoms with Gasteiger partial charge in [0.2, 0.25) is 0 Å². The minimum absolute atomic E-state index is 0.253. The molecule has 1 aliphatic heterocycles. The summed E-state index contributed by atoms with van der Waals surface area (Å²) in [6.07, 6.45) is 0. The Kier molecular flexibility index (Phi) is 7.06. The van der Waals surface area contributed by atoms with Gasteiger partial charge in [0.1, 0.15) is 5.75 Å². The van der Waals surface area contributed by atoms with Crippen molar-refractivity contribution in [1.29, 1.82) is 0 Å². The predicted octanol–water partition coefficient (Wildman–Crippen LogP) is 3.27. The third-order valence-corrected chi connectivity index (χ3v) is 5.40. The van der Waals surface area contributed by atoms with Gasteiger partial charge in [-0.15, -0.1) is 0 Å². The van der Waals surface area contributed by atoms with Gasteiger partial charge in [-0.05, 0) is 61.6 Å². The maximum absolute atomic E-state index is 12.6. The second-order valence-corrected chi connectivity index (χ2v) is 7.44. The number of hydrogen-bond acceptors (Lipinski definition) is 5. The van der Waals surface area contributed by atoms with Gasteiger partial charge < -0.3 is 19.9 Å². The molecule has 154 valence electrons. The van der Waals surface area contributed by atoms with Crippen LogP contribution >= 0.6 is 12.2 Å². The average Bonchev–Trinajstić information content (AvgIpc) is 2.74. The van der Waals surface area contributed by atoms with Crippen LogP contribution in [0.5, 0.6) is 5.75 Å². The maximum Gasteiger partial charge on any atom is 0.261 e. The molecule has 2 N–H and O–H groups in total. The largest absolute Gasteiger partial charge is 0.496 e. The van der Waals surface area contributed by atoms with E-state index in [-0.39, 0.29) is 11.0 Å². The van der Waals surface area contributed by atoms with E-state index in [0.717, 1.165) is 44.0 Å². The molecule has 0 saturated carbocycles. The number of carbonyl (C=O) groups is 1. The molecule has 1 heterocycles. The first-order chi connectivity index (χ1) is 14.0. The minimum atomic E-state index is -0.298. The van der Waals surface area contributed by atoms with Gasteiger partial charge in [-0.3, -0.25) is 10.1 Å². The zero-order valence-corrected chi connectivity index (χ0v) is 18.0. The molecule has 0 radical (unpaired) electrons. The number of hydrogen-bond donors (Lipinski definition) is 2. The third-order valence-electron chi connectivity index (χ3n) is 5.20. The first-order valence-corrected chi connectivity index (χ1v) is 10.3. The average molecular weight is 413 g/mol. The molecule has 6 nitrogen and oxygen atoms in total. The Labute approximate surface area is 177 Å². The van der Waals surface area contributed by atoms with E-state index in [1.807, 2.05) is 31.2 Å². The van der Waals surface area contributed by atoms with Gasteiger partial charge >= 0.3 is 0 Å². The summed E-state index contributed by atoms with van der Waals surface area (Å²) in [6, 6.07) is 13.6. The first-order valence-electron chi connectivity index (χ1n) is 9.85. The number of carbonyl (C=O) groups excluding carboxylic acids is 1. The third kappa shape index (κ3) is 5.25. The molecular weight excluding hydrogens is 384 g/mol. The Bertz CT molecular complexity index is 862. The molecule has 2 aromatic carbocycles. The summed E-state index contributed by atoms with van der Waals surface area (Å²) in [6.45, 7) is 9.46. The van der Waals surface area contributed by atoms with E-state index in [0.29, 0.717) is 11.3 Å². The van der Waals surface area contributed by atoms with Crippen molar-refractivity contribution < 1.29 is 9.53 Å². The summed E-state index contributed by atoms with van der Waals surface area (Å²) >= 11 is 5.31. The number of anilines is 2. The Morgan fingerprint density at radius 3 is 2.41 bits per heavy atom. The van der Waals surface area contributed by atoms with Gasteiger partial charge in [0.05, 0.1) is 12.7 Å². The summed E-state index contributed by atoms with van der Waals surface area (Å²) in [5.41, 5.74) is 3.39. The van der Waals surface area contributed by atoms with Crippen molar-refractivity contribution in [2.75, 3.05) is 50.1 Å². The molecule has 0 spiro atoms. The van der Waals surface area contributed by atoms with Gasteiger partial charge in [-0.25, -0.2) is 0 Å². The molecule has 3 rings (SSSR count). The number of nitrogens with zero attached hydrogens (tertiary/aromatic N) is 2. The molecule has 1 aliphatic rings. The number of nitrogens with one attached hydrogen (secondary N) is 2. The van der Waals surface area contributed by atoms with Crippen molar-refractivity contribution >= 4 is 34.6 Å². The maximum atomic E-state index is 12.6. The van der Waals surface area contributed by atoms with Crippen LogP contribution in [-0.2, 0) is 0 Å². The van der Waals surface area contributed by atoms with E-state index in [4.69, 9.17) is 17.0 Å². The predicted molar refractivity (Wildman–Crippen MR) is 122 cm³/mol. The lowest BCUT2D eigenvalue weighted by Crippen LogP contribution is -2.46. The lowest BCUT2D eigenvalue weighted by atomic mass is 10.1. The van der Waals surface area contributed by atoms with Gasteiger partial charge in [-0.2, -0.15) is 0 Å². The number of ether oxygens (including phenoxy) is 1. The van der Waals surface area contributed by atoms with Gasteiger partial charge in [-0.1, -0.05) is 19.1 Å². The number of methoxy groups -OCH3 is 1. The summed E-state index contributed by atoms with van der Waals surface area (Å²) in [7, 11) is 1.55. The molecule has 1 fully saturated rings. The van der Waals surface area contributed by atoms with Gasteiger partial charge in [0, 0.05) is 37.6 Å². The number of likely N-dealkylation sites (N-methyl/N-ethyl adjacent to an activating group) is 1. The molecule has 7 heteroatoms. The number of benzene rings is 2. The zero-order valence-electron chi connectivity index (χ0n) is 17.2. The topological polar surface area (TPSA) is 56.8 Å². The van der Waals surface area contributed by atoms with Crippen LogP contribution in [0.1, 0.15) is 22.8 Å². The highest BCUT2D eigenvalue weighted by atomic mass is 32.1. The van der Waals surface area contributed by atoms with Crippen LogP contribution in [0.4, 0.5) is 11.4 Å². The van der Waals surface area contributed by atoms with E-state index in [9.17, 15) is 4.79 Å². The Balaban J connectivity index is 1.57. The quantitative estimate of drug-likeness (QED) is 0.735. The molecule has 0 aliphatic carbocycles. The van der Waals surface area contributed by atoms with Crippen molar-refractivity contribution in [3.63, 3.8) is 0 Å². The summed E-state index contributed by atoms with van der Waals surface area (Å²) in [5, 5.41) is 6.05. The Hall–Kier alpha value is -2.64. The highest BCUT2D eigenvalue weighted by molar-refractivity contribution is 7.80. The molecule has 1 saturated heterocycles. The van der Waals surface area contributed by atoms with Crippen LogP contribution in [0.15, 0.2) is 42.5 Å². The number of para-hydroxylation sites is 1. The smallest absolute Gasteiger partial charge is 0.261 e. The summed E-state index contributed by atoms with van der Waals surface area (Å²) in [4.78, 5) is 17.4. The van der Waals surface area contributed by atoms with E-state index >= 15 is 0 Å².